The quantitative estimate of drug-likeness (QED) is 0.790. The molecule has 1 unspecified atom stereocenters. The molecule has 1 atom stereocenters. The van der Waals surface area contributed by atoms with Gasteiger partial charge in [-0.3, -0.25) is 0 Å². The number of morpholine rings is 1. The minimum atomic E-state index is -0.153. The summed E-state index contributed by atoms with van der Waals surface area (Å²) in [4.78, 5) is 0. The summed E-state index contributed by atoms with van der Waals surface area (Å²) in [6, 6.07) is 5.39. The molecular weight excluding hydrogens is 205 g/mol. The van der Waals surface area contributed by atoms with Gasteiger partial charge >= 0.3 is 0 Å². The van der Waals surface area contributed by atoms with Gasteiger partial charge in [0.2, 0.25) is 0 Å². The summed E-state index contributed by atoms with van der Waals surface area (Å²) in [6.45, 7) is 7.36. The van der Waals surface area contributed by atoms with Gasteiger partial charge in [0.15, 0.2) is 0 Å². The topological polar surface area (TPSA) is 21.3 Å². The number of ether oxygens (including phenoxy) is 1. The predicted octanol–water partition coefficient (Wildman–Crippen LogP) is 2.57. The molecule has 2 rings (SSSR count). The largest absolute Gasteiger partial charge is 0.378 e. The molecule has 1 aliphatic heterocycles. The lowest BCUT2D eigenvalue weighted by Crippen LogP contribution is -2.51. The summed E-state index contributed by atoms with van der Waals surface area (Å²) in [5.74, 6) is -0.153. The van der Waals surface area contributed by atoms with Gasteiger partial charge < -0.3 is 10.1 Å². The second-order valence-corrected chi connectivity index (χ2v) is 5.10. The van der Waals surface area contributed by atoms with E-state index in [9.17, 15) is 4.39 Å². The van der Waals surface area contributed by atoms with Crippen LogP contribution < -0.4 is 5.32 Å². The van der Waals surface area contributed by atoms with E-state index in [1.54, 1.807) is 6.92 Å². The lowest BCUT2D eigenvalue weighted by molar-refractivity contribution is 0.0127. The first-order valence-electron chi connectivity index (χ1n) is 5.59. The third-order valence-electron chi connectivity index (χ3n) is 2.90. The molecule has 0 radical (unpaired) electrons. The van der Waals surface area contributed by atoms with Gasteiger partial charge in [-0.05, 0) is 38.0 Å². The van der Waals surface area contributed by atoms with Gasteiger partial charge in [-0.1, -0.05) is 12.1 Å². The molecular formula is C13H18FNO. The molecule has 0 spiro atoms. The van der Waals surface area contributed by atoms with Crippen LogP contribution in [0.2, 0.25) is 0 Å². The zero-order valence-corrected chi connectivity index (χ0v) is 10.0. The van der Waals surface area contributed by atoms with E-state index < -0.39 is 0 Å². The molecule has 0 aliphatic carbocycles. The summed E-state index contributed by atoms with van der Waals surface area (Å²) in [7, 11) is 0. The van der Waals surface area contributed by atoms with E-state index in [2.05, 4.69) is 19.2 Å². The van der Waals surface area contributed by atoms with Crippen molar-refractivity contribution in [1.82, 2.24) is 5.32 Å². The lowest BCUT2D eigenvalue weighted by atomic mass is 9.98. The summed E-state index contributed by atoms with van der Waals surface area (Å²) in [5.41, 5.74) is 1.75. The number of rotatable bonds is 1. The van der Waals surface area contributed by atoms with E-state index in [0.29, 0.717) is 18.8 Å². The van der Waals surface area contributed by atoms with Crippen molar-refractivity contribution in [2.75, 3.05) is 13.2 Å². The first kappa shape index (κ1) is 11.6. The Morgan fingerprint density at radius 3 is 2.81 bits per heavy atom. The SMILES string of the molecule is Cc1cc(C2COCC(C)(C)N2)ccc1F. The molecule has 1 heterocycles. The second-order valence-electron chi connectivity index (χ2n) is 5.10. The zero-order valence-electron chi connectivity index (χ0n) is 10.0. The highest BCUT2D eigenvalue weighted by molar-refractivity contribution is 5.27. The van der Waals surface area contributed by atoms with Crippen molar-refractivity contribution in [3.05, 3.63) is 35.1 Å². The van der Waals surface area contributed by atoms with Crippen LogP contribution in [0.25, 0.3) is 0 Å². The van der Waals surface area contributed by atoms with Crippen molar-refractivity contribution in [2.24, 2.45) is 0 Å². The molecule has 0 amide bonds. The van der Waals surface area contributed by atoms with Gasteiger partial charge in [0.25, 0.3) is 0 Å². The molecule has 16 heavy (non-hydrogen) atoms. The van der Waals surface area contributed by atoms with Crippen molar-refractivity contribution in [3.63, 3.8) is 0 Å². The third-order valence-corrected chi connectivity index (χ3v) is 2.90. The lowest BCUT2D eigenvalue weighted by Gasteiger charge is -2.37. The van der Waals surface area contributed by atoms with E-state index in [-0.39, 0.29) is 17.4 Å². The Labute approximate surface area is 95.8 Å². The highest BCUT2D eigenvalue weighted by Gasteiger charge is 2.28. The van der Waals surface area contributed by atoms with E-state index in [4.69, 9.17) is 4.74 Å². The van der Waals surface area contributed by atoms with Crippen LogP contribution in [0.1, 0.15) is 31.0 Å². The van der Waals surface area contributed by atoms with Gasteiger partial charge in [0, 0.05) is 5.54 Å². The van der Waals surface area contributed by atoms with Crippen molar-refractivity contribution in [3.8, 4) is 0 Å². The van der Waals surface area contributed by atoms with Crippen LogP contribution in [-0.4, -0.2) is 18.8 Å². The Morgan fingerprint density at radius 2 is 2.19 bits per heavy atom. The van der Waals surface area contributed by atoms with Crippen LogP contribution in [0.5, 0.6) is 0 Å². The van der Waals surface area contributed by atoms with Crippen molar-refractivity contribution >= 4 is 0 Å². The Hall–Kier alpha value is -0.930. The highest BCUT2D eigenvalue weighted by Crippen LogP contribution is 2.23. The summed E-state index contributed by atoms with van der Waals surface area (Å²) < 4.78 is 18.7. The molecule has 1 N–H and O–H groups in total. The molecule has 1 fully saturated rings. The Morgan fingerprint density at radius 1 is 1.44 bits per heavy atom. The highest BCUT2D eigenvalue weighted by atomic mass is 19.1. The van der Waals surface area contributed by atoms with Crippen molar-refractivity contribution in [2.45, 2.75) is 32.4 Å². The number of benzene rings is 1. The summed E-state index contributed by atoms with van der Waals surface area (Å²) >= 11 is 0. The Balaban J connectivity index is 2.20. The van der Waals surface area contributed by atoms with Gasteiger partial charge in [-0.2, -0.15) is 0 Å². The van der Waals surface area contributed by atoms with E-state index in [1.165, 1.54) is 6.07 Å². The first-order valence-corrected chi connectivity index (χ1v) is 5.59. The van der Waals surface area contributed by atoms with Crippen LogP contribution in [-0.2, 0) is 4.74 Å². The molecule has 3 heteroatoms. The van der Waals surface area contributed by atoms with E-state index in [1.807, 2.05) is 12.1 Å². The number of hydrogen-bond acceptors (Lipinski definition) is 2. The number of hydrogen-bond donors (Lipinski definition) is 1. The minimum Gasteiger partial charge on any atom is -0.378 e. The standard InChI is InChI=1S/C13H18FNO/c1-9-6-10(4-5-11(9)14)12-7-16-8-13(2,3)15-12/h4-6,12,15H,7-8H2,1-3H3. The maximum Gasteiger partial charge on any atom is 0.126 e. The molecule has 1 saturated heterocycles. The van der Waals surface area contributed by atoms with Gasteiger partial charge in [0.1, 0.15) is 5.82 Å². The maximum absolute atomic E-state index is 13.2. The average molecular weight is 223 g/mol. The molecule has 1 aliphatic rings. The number of aryl methyl sites for hydroxylation is 1. The smallest absolute Gasteiger partial charge is 0.126 e. The molecule has 0 saturated carbocycles. The maximum atomic E-state index is 13.2. The number of halogens is 1. The zero-order chi connectivity index (χ0) is 11.8. The second kappa shape index (κ2) is 4.15. The monoisotopic (exact) mass is 223 g/mol. The van der Waals surface area contributed by atoms with Crippen LogP contribution in [0, 0.1) is 12.7 Å². The third kappa shape index (κ3) is 2.42. The predicted molar refractivity (Wildman–Crippen MR) is 61.9 cm³/mol. The fraction of sp³-hybridized carbons (Fsp3) is 0.538. The molecule has 2 nitrogen and oxygen atoms in total. The minimum absolute atomic E-state index is 0.0226. The normalized spacial score (nSPS) is 24.4. The molecule has 1 aromatic rings. The van der Waals surface area contributed by atoms with Crippen molar-refractivity contribution in [1.29, 1.82) is 0 Å². The number of nitrogens with one attached hydrogen (secondary N) is 1. The fourth-order valence-corrected chi connectivity index (χ4v) is 2.05. The summed E-state index contributed by atoms with van der Waals surface area (Å²) in [6.07, 6.45) is 0. The molecule has 1 aromatic carbocycles. The van der Waals surface area contributed by atoms with Gasteiger partial charge in [-0.25, -0.2) is 4.39 Å². The Kier molecular flexibility index (Phi) is 3.00. The Bertz CT molecular complexity index is 390. The molecule has 88 valence electrons. The molecule has 0 aromatic heterocycles. The van der Waals surface area contributed by atoms with Crippen molar-refractivity contribution < 1.29 is 9.13 Å². The van der Waals surface area contributed by atoms with Gasteiger partial charge in [-0.15, -0.1) is 0 Å². The van der Waals surface area contributed by atoms with Gasteiger partial charge in [0.05, 0.1) is 19.3 Å². The van der Waals surface area contributed by atoms with E-state index in [0.717, 1.165) is 5.56 Å². The van der Waals surface area contributed by atoms with Crippen LogP contribution in [0.3, 0.4) is 0 Å². The summed E-state index contributed by atoms with van der Waals surface area (Å²) in [5, 5.41) is 3.51. The average Bonchev–Trinajstić information content (AvgIpc) is 2.20. The molecule has 0 bridgehead atoms. The first-order chi connectivity index (χ1) is 7.48. The fourth-order valence-electron chi connectivity index (χ4n) is 2.05. The van der Waals surface area contributed by atoms with Crippen LogP contribution in [0.4, 0.5) is 4.39 Å². The van der Waals surface area contributed by atoms with E-state index >= 15 is 0 Å². The van der Waals surface area contributed by atoms with Crippen LogP contribution >= 0.6 is 0 Å². The van der Waals surface area contributed by atoms with Crippen LogP contribution in [0.15, 0.2) is 18.2 Å².